The number of sulfonamides is 1. The molecular formula is C12H15ClN4O2S. The van der Waals surface area contributed by atoms with Crippen molar-refractivity contribution in [2.24, 2.45) is 0 Å². The van der Waals surface area contributed by atoms with Crippen LogP contribution in [0, 0.1) is 6.92 Å². The molecule has 2 heterocycles. The van der Waals surface area contributed by atoms with Gasteiger partial charge in [0.25, 0.3) is 10.0 Å². The average Bonchev–Trinajstić information content (AvgIpc) is 2.75. The van der Waals surface area contributed by atoms with Gasteiger partial charge in [0.2, 0.25) is 0 Å². The van der Waals surface area contributed by atoms with Crippen molar-refractivity contribution in [2.45, 2.75) is 31.8 Å². The number of rotatable bonds is 5. The molecule has 2 rings (SSSR count). The molecule has 2 aromatic rings. The van der Waals surface area contributed by atoms with Crippen molar-refractivity contribution in [3.05, 3.63) is 35.5 Å². The normalized spacial score (nSPS) is 11.6. The Morgan fingerprint density at radius 2 is 2.15 bits per heavy atom. The number of halogens is 1. The van der Waals surface area contributed by atoms with Crippen LogP contribution in [-0.4, -0.2) is 23.0 Å². The molecule has 0 aromatic carbocycles. The standard InChI is InChI=1S/C12H15ClN4O2S/c1-3-6-17-8-12(15-9(17)2)20(18,19)16-10-4-5-11(13)14-7-10/h4-5,7-8,16H,3,6H2,1-2H3. The van der Waals surface area contributed by atoms with E-state index in [4.69, 9.17) is 11.6 Å². The highest BCUT2D eigenvalue weighted by atomic mass is 35.5. The maximum atomic E-state index is 12.2. The third-order valence-corrected chi connectivity index (χ3v) is 4.15. The van der Waals surface area contributed by atoms with Gasteiger partial charge >= 0.3 is 0 Å². The van der Waals surface area contributed by atoms with Crippen molar-refractivity contribution in [3.63, 3.8) is 0 Å². The molecule has 0 spiro atoms. The molecular weight excluding hydrogens is 300 g/mol. The summed E-state index contributed by atoms with van der Waals surface area (Å²) in [5.74, 6) is 0.668. The van der Waals surface area contributed by atoms with Crippen molar-refractivity contribution in [1.82, 2.24) is 14.5 Å². The predicted octanol–water partition coefficient (Wildman–Crippen LogP) is 2.45. The van der Waals surface area contributed by atoms with Gasteiger partial charge in [-0.1, -0.05) is 18.5 Å². The molecule has 0 aliphatic heterocycles. The maximum absolute atomic E-state index is 12.2. The Labute approximate surface area is 122 Å². The van der Waals surface area contributed by atoms with E-state index >= 15 is 0 Å². The Kier molecular flexibility index (Phi) is 4.29. The van der Waals surface area contributed by atoms with Crippen LogP contribution in [0.3, 0.4) is 0 Å². The van der Waals surface area contributed by atoms with Crippen LogP contribution >= 0.6 is 11.6 Å². The zero-order valence-corrected chi connectivity index (χ0v) is 12.7. The van der Waals surface area contributed by atoms with Gasteiger partial charge < -0.3 is 4.57 Å². The van der Waals surface area contributed by atoms with Crippen LogP contribution in [0.4, 0.5) is 5.69 Å². The molecule has 0 atom stereocenters. The quantitative estimate of drug-likeness (QED) is 0.860. The van der Waals surface area contributed by atoms with Crippen LogP contribution in [0.25, 0.3) is 0 Å². The van der Waals surface area contributed by atoms with Gasteiger partial charge in [-0.25, -0.2) is 9.97 Å². The second-order valence-electron chi connectivity index (χ2n) is 4.29. The highest BCUT2D eigenvalue weighted by molar-refractivity contribution is 7.92. The van der Waals surface area contributed by atoms with E-state index in [1.807, 2.05) is 11.5 Å². The van der Waals surface area contributed by atoms with E-state index in [0.717, 1.165) is 13.0 Å². The molecule has 0 unspecified atom stereocenters. The number of imidazole rings is 1. The van der Waals surface area contributed by atoms with Crippen LogP contribution in [0.5, 0.6) is 0 Å². The number of hydrogen-bond acceptors (Lipinski definition) is 4. The molecule has 6 nitrogen and oxygen atoms in total. The molecule has 2 aromatic heterocycles. The highest BCUT2D eigenvalue weighted by Gasteiger charge is 2.19. The molecule has 0 bridgehead atoms. The first kappa shape index (κ1) is 14.8. The monoisotopic (exact) mass is 314 g/mol. The molecule has 1 N–H and O–H groups in total. The molecule has 0 amide bonds. The zero-order valence-electron chi connectivity index (χ0n) is 11.2. The lowest BCUT2D eigenvalue weighted by Crippen LogP contribution is -2.13. The number of nitrogens with zero attached hydrogens (tertiary/aromatic N) is 3. The molecule has 0 fully saturated rings. The Morgan fingerprint density at radius 1 is 1.40 bits per heavy atom. The van der Waals surface area contributed by atoms with Gasteiger partial charge in [0, 0.05) is 12.7 Å². The fraction of sp³-hybridized carbons (Fsp3) is 0.333. The molecule has 20 heavy (non-hydrogen) atoms. The third kappa shape index (κ3) is 3.29. The summed E-state index contributed by atoms with van der Waals surface area (Å²) >= 11 is 5.65. The van der Waals surface area contributed by atoms with Crippen molar-refractivity contribution >= 4 is 27.3 Å². The first-order valence-corrected chi connectivity index (χ1v) is 7.96. The smallest absolute Gasteiger partial charge is 0.281 e. The molecule has 108 valence electrons. The van der Waals surface area contributed by atoms with Gasteiger partial charge in [-0.2, -0.15) is 8.42 Å². The van der Waals surface area contributed by atoms with Crippen LogP contribution in [0.15, 0.2) is 29.6 Å². The fourth-order valence-corrected chi connectivity index (χ4v) is 2.89. The first-order valence-electron chi connectivity index (χ1n) is 6.10. The summed E-state index contributed by atoms with van der Waals surface area (Å²) in [6.07, 6.45) is 3.80. The lowest BCUT2D eigenvalue weighted by molar-refractivity contribution is 0.597. The molecule has 0 radical (unpaired) electrons. The lowest BCUT2D eigenvalue weighted by Gasteiger charge is -2.04. The SMILES string of the molecule is CCCn1cc(S(=O)(=O)Nc2ccc(Cl)nc2)nc1C. The van der Waals surface area contributed by atoms with Crippen LogP contribution in [0.2, 0.25) is 5.15 Å². The number of aromatic nitrogens is 3. The van der Waals surface area contributed by atoms with E-state index < -0.39 is 10.0 Å². The van der Waals surface area contributed by atoms with Gasteiger partial charge in [-0.05, 0) is 25.5 Å². The van der Waals surface area contributed by atoms with Gasteiger partial charge in [-0.15, -0.1) is 0 Å². The summed E-state index contributed by atoms with van der Waals surface area (Å²) < 4.78 is 28.7. The van der Waals surface area contributed by atoms with Crippen molar-refractivity contribution in [1.29, 1.82) is 0 Å². The summed E-state index contributed by atoms with van der Waals surface area (Å²) in [5.41, 5.74) is 0.345. The number of pyridine rings is 1. The molecule has 0 aliphatic carbocycles. The lowest BCUT2D eigenvalue weighted by atomic mass is 10.4. The van der Waals surface area contributed by atoms with E-state index in [-0.39, 0.29) is 5.03 Å². The molecule has 0 saturated heterocycles. The summed E-state index contributed by atoms with van der Waals surface area (Å²) in [6.45, 7) is 4.53. The minimum absolute atomic E-state index is 0.00148. The summed E-state index contributed by atoms with van der Waals surface area (Å²) in [7, 11) is -3.71. The Bertz CT molecular complexity index is 695. The fourth-order valence-electron chi connectivity index (χ4n) is 1.72. The predicted molar refractivity (Wildman–Crippen MR) is 77.3 cm³/mol. The number of anilines is 1. The molecule has 8 heteroatoms. The minimum atomic E-state index is -3.71. The Balaban J connectivity index is 2.26. The van der Waals surface area contributed by atoms with E-state index in [1.54, 1.807) is 13.0 Å². The summed E-state index contributed by atoms with van der Waals surface area (Å²) in [6, 6.07) is 3.06. The van der Waals surface area contributed by atoms with Gasteiger partial charge in [0.05, 0.1) is 11.9 Å². The minimum Gasteiger partial charge on any atom is -0.334 e. The Morgan fingerprint density at radius 3 is 2.75 bits per heavy atom. The first-order chi connectivity index (χ1) is 9.42. The second kappa shape index (κ2) is 5.80. The van der Waals surface area contributed by atoms with Crippen molar-refractivity contribution < 1.29 is 8.42 Å². The van der Waals surface area contributed by atoms with Crippen LogP contribution < -0.4 is 4.72 Å². The topological polar surface area (TPSA) is 76.9 Å². The number of aryl methyl sites for hydroxylation is 2. The van der Waals surface area contributed by atoms with Gasteiger partial charge in [-0.3, -0.25) is 4.72 Å². The summed E-state index contributed by atoms with van der Waals surface area (Å²) in [5, 5.41) is 0.300. The average molecular weight is 315 g/mol. The van der Waals surface area contributed by atoms with E-state index in [2.05, 4.69) is 14.7 Å². The van der Waals surface area contributed by atoms with Crippen molar-refractivity contribution in [3.8, 4) is 0 Å². The number of hydrogen-bond donors (Lipinski definition) is 1. The van der Waals surface area contributed by atoms with Crippen molar-refractivity contribution in [2.75, 3.05) is 4.72 Å². The van der Waals surface area contributed by atoms with Crippen LogP contribution in [-0.2, 0) is 16.6 Å². The zero-order chi connectivity index (χ0) is 14.8. The largest absolute Gasteiger partial charge is 0.334 e. The molecule has 0 saturated carbocycles. The van der Waals surface area contributed by atoms with Crippen LogP contribution in [0.1, 0.15) is 19.2 Å². The second-order valence-corrected chi connectivity index (χ2v) is 6.31. The van der Waals surface area contributed by atoms with Gasteiger partial charge in [0.1, 0.15) is 11.0 Å². The van der Waals surface area contributed by atoms with E-state index in [0.29, 0.717) is 16.7 Å². The highest BCUT2D eigenvalue weighted by Crippen LogP contribution is 2.16. The molecule has 0 aliphatic rings. The maximum Gasteiger partial charge on any atom is 0.281 e. The van der Waals surface area contributed by atoms with E-state index in [1.165, 1.54) is 18.5 Å². The number of nitrogens with one attached hydrogen (secondary N) is 1. The van der Waals surface area contributed by atoms with E-state index in [9.17, 15) is 8.42 Å². The van der Waals surface area contributed by atoms with Gasteiger partial charge in [0.15, 0.2) is 5.03 Å². The third-order valence-electron chi connectivity index (χ3n) is 2.67. The summed E-state index contributed by atoms with van der Waals surface area (Å²) in [4.78, 5) is 7.90. The Hall–Kier alpha value is -1.60.